The molecule has 1 heterocycles. The normalized spacial score (nSPS) is 11.4. The molecule has 0 unspecified atom stereocenters. The summed E-state index contributed by atoms with van der Waals surface area (Å²) < 4.78 is 12.7. The van der Waals surface area contributed by atoms with Crippen LogP contribution in [-0.4, -0.2) is 15.9 Å². The van der Waals surface area contributed by atoms with Gasteiger partial charge in [0.25, 0.3) is 5.56 Å². The highest BCUT2D eigenvalue weighted by Crippen LogP contribution is 2.08. The van der Waals surface area contributed by atoms with Gasteiger partial charge in [-0.2, -0.15) is 4.99 Å². The van der Waals surface area contributed by atoms with Gasteiger partial charge in [-0.3, -0.25) is 9.78 Å². The second-order valence-corrected chi connectivity index (χ2v) is 3.84. The van der Waals surface area contributed by atoms with Crippen molar-refractivity contribution in [2.45, 2.75) is 6.92 Å². The number of aromatic nitrogens is 2. The van der Waals surface area contributed by atoms with Gasteiger partial charge in [-0.1, -0.05) is 0 Å². The topological polar surface area (TPSA) is 96.2 Å². The second kappa shape index (κ2) is 5.30. The SMILES string of the molecule is Cc1cc(=O)[nH]c(N=C(N)Nc2ccc(F)cc2)n1. The van der Waals surface area contributed by atoms with Crippen LogP contribution in [0.15, 0.2) is 40.1 Å². The highest BCUT2D eigenvalue weighted by atomic mass is 19.1. The van der Waals surface area contributed by atoms with Crippen molar-refractivity contribution in [2.75, 3.05) is 5.32 Å². The Hall–Kier alpha value is -2.70. The van der Waals surface area contributed by atoms with E-state index in [2.05, 4.69) is 20.3 Å². The molecular weight excluding hydrogens is 249 g/mol. The van der Waals surface area contributed by atoms with Crippen molar-refractivity contribution in [1.29, 1.82) is 0 Å². The standard InChI is InChI=1S/C12H12FN5O/c1-7-6-10(19)17-12(15-7)18-11(14)16-9-4-2-8(13)3-5-9/h2-6H,1H3,(H4,14,15,16,17,18,19). The number of nitrogens with zero attached hydrogens (tertiary/aromatic N) is 2. The summed E-state index contributed by atoms with van der Waals surface area (Å²) in [5.41, 5.74) is 6.47. The van der Waals surface area contributed by atoms with E-state index in [0.29, 0.717) is 11.4 Å². The van der Waals surface area contributed by atoms with Crippen LogP contribution in [0.3, 0.4) is 0 Å². The van der Waals surface area contributed by atoms with E-state index in [4.69, 9.17) is 5.73 Å². The lowest BCUT2D eigenvalue weighted by molar-refractivity contribution is 0.628. The lowest BCUT2D eigenvalue weighted by Crippen LogP contribution is -2.22. The number of aryl methyl sites for hydroxylation is 1. The third kappa shape index (κ3) is 3.63. The molecule has 0 amide bonds. The third-order valence-electron chi connectivity index (χ3n) is 2.20. The molecule has 4 N–H and O–H groups in total. The zero-order valence-electron chi connectivity index (χ0n) is 10.1. The monoisotopic (exact) mass is 261 g/mol. The molecule has 7 heteroatoms. The van der Waals surface area contributed by atoms with E-state index in [1.165, 1.54) is 30.3 Å². The maximum absolute atomic E-state index is 12.7. The molecule has 2 rings (SSSR count). The minimum absolute atomic E-state index is 0.0420. The Bertz CT molecular complexity index is 663. The van der Waals surface area contributed by atoms with Crippen molar-refractivity contribution in [3.63, 3.8) is 0 Å². The molecule has 0 aliphatic carbocycles. The van der Waals surface area contributed by atoms with Crippen LogP contribution in [0.5, 0.6) is 0 Å². The molecule has 0 bridgehead atoms. The molecule has 0 fully saturated rings. The molecule has 2 aromatic rings. The van der Waals surface area contributed by atoms with E-state index in [-0.39, 0.29) is 23.3 Å². The summed E-state index contributed by atoms with van der Waals surface area (Å²) in [6, 6.07) is 6.97. The molecule has 1 aromatic heterocycles. The summed E-state index contributed by atoms with van der Waals surface area (Å²) in [6.07, 6.45) is 0. The Balaban J connectivity index is 2.18. The van der Waals surface area contributed by atoms with Crippen LogP contribution in [0.2, 0.25) is 0 Å². The molecule has 19 heavy (non-hydrogen) atoms. The first-order valence-corrected chi connectivity index (χ1v) is 5.47. The van der Waals surface area contributed by atoms with Crippen LogP contribution in [0, 0.1) is 12.7 Å². The molecule has 0 saturated heterocycles. The van der Waals surface area contributed by atoms with Crippen molar-refractivity contribution in [3.05, 3.63) is 52.2 Å². The molecule has 0 spiro atoms. The van der Waals surface area contributed by atoms with Crippen LogP contribution >= 0.6 is 0 Å². The molecule has 0 atom stereocenters. The van der Waals surface area contributed by atoms with Gasteiger partial charge in [0.05, 0.1) is 0 Å². The minimum Gasteiger partial charge on any atom is -0.369 e. The Morgan fingerprint density at radius 2 is 2.11 bits per heavy atom. The predicted octanol–water partition coefficient (Wildman–Crippen LogP) is 1.28. The maximum Gasteiger partial charge on any atom is 0.252 e. The van der Waals surface area contributed by atoms with Gasteiger partial charge in [-0.05, 0) is 31.2 Å². The number of nitrogens with two attached hydrogens (primary N) is 1. The molecule has 0 saturated carbocycles. The van der Waals surface area contributed by atoms with Crippen molar-refractivity contribution >= 4 is 17.6 Å². The summed E-state index contributed by atoms with van der Waals surface area (Å²) in [4.78, 5) is 21.6. The molecular formula is C12H12FN5O. The lowest BCUT2D eigenvalue weighted by Gasteiger charge is -2.04. The fraction of sp³-hybridized carbons (Fsp3) is 0.0833. The first-order chi connectivity index (χ1) is 9.02. The Kier molecular flexibility index (Phi) is 3.56. The third-order valence-corrected chi connectivity index (χ3v) is 2.20. The average molecular weight is 261 g/mol. The van der Waals surface area contributed by atoms with Crippen LogP contribution < -0.4 is 16.6 Å². The van der Waals surface area contributed by atoms with Crippen LogP contribution in [0.1, 0.15) is 5.69 Å². The number of H-pyrrole nitrogens is 1. The number of anilines is 1. The predicted molar refractivity (Wildman–Crippen MR) is 70.9 cm³/mol. The number of benzene rings is 1. The van der Waals surface area contributed by atoms with Crippen molar-refractivity contribution in [1.82, 2.24) is 9.97 Å². The van der Waals surface area contributed by atoms with Gasteiger partial charge in [0.15, 0.2) is 0 Å². The fourth-order valence-electron chi connectivity index (χ4n) is 1.44. The smallest absolute Gasteiger partial charge is 0.252 e. The van der Waals surface area contributed by atoms with E-state index >= 15 is 0 Å². The van der Waals surface area contributed by atoms with Crippen molar-refractivity contribution in [2.24, 2.45) is 10.7 Å². The zero-order valence-corrected chi connectivity index (χ0v) is 10.1. The van der Waals surface area contributed by atoms with Gasteiger partial charge >= 0.3 is 0 Å². The minimum atomic E-state index is -0.342. The number of rotatable bonds is 2. The maximum atomic E-state index is 12.7. The van der Waals surface area contributed by atoms with Gasteiger partial charge in [0.1, 0.15) is 5.82 Å². The highest BCUT2D eigenvalue weighted by Gasteiger charge is 1.99. The lowest BCUT2D eigenvalue weighted by atomic mass is 10.3. The summed E-state index contributed by atoms with van der Waals surface area (Å²) in [7, 11) is 0. The van der Waals surface area contributed by atoms with Crippen LogP contribution in [0.25, 0.3) is 0 Å². The number of halogens is 1. The summed E-state index contributed by atoms with van der Waals surface area (Å²) in [6.45, 7) is 1.68. The first-order valence-electron chi connectivity index (χ1n) is 5.47. The quantitative estimate of drug-likeness (QED) is 0.560. The number of nitrogens with one attached hydrogen (secondary N) is 2. The number of aromatic amines is 1. The van der Waals surface area contributed by atoms with Gasteiger partial charge in [-0.25, -0.2) is 9.37 Å². The summed E-state index contributed by atoms with van der Waals surface area (Å²) in [5, 5.41) is 2.76. The van der Waals surface area contributed by atoms with Gasteiger partial charge in [-0.15, -0.1) is 0 Å². The molecule has 0 aliphatic rings. The average Bonchev–Trinajstić information content (AvgIpc) is 2.30. The summed E-state index contributed by atoms with van der Waals surface area (Å²) >= 11 is 0. The van der Waals surface area contributed by atoms with Crippen molar-refractivity contribution < 1.29 is 4.39 Å². The van der Waals surface area contributed by atoms with E-state index in [0.717, 1.165) is 0 Å². The zero-order chi connectivity index (χ0) is 13.8. The van der Waals surface area contributed by atoms with Gasteiger partial charge < -0.3 is 11.1 Å². The molecule has 98 valence electrons. The van der Waals surface area contributed by atoms with Crippen molar-refractivity contribution in [3.8, 4) is 0 Å². The number of hydrogen-bond donors (Lipinski definition) is 3. The number of aliphatic imine (C=N–C) groups is 1. The van der Waals surface area contributed by atoms with E-state index < -0.39 is 0 Å². The van der Waals surface area contributed by atoms with Crippen LogP contribution in [0.4, 0.5) is 16.0 Å². The second-order valence-electron chi connectivity index (χ2n) is 3.84. The van der Waals surface area contributed by atoms with Gasteiger partial charge in [0, 0.05) is 17.4 Å². The summed E-state index contributed by atoms with van der Waals surface area (Å²) in [5.74, 6) is -0.191. The highest BCUT2D eigenvalue weighted by molar-refractivity contribution is 5.93. The number of hydrogen-bond acceptors (Lipinski definition) is 3. The Labute approximate surface area is 108 Å². The van der Waals surface area contributed by atoms with E-state index in [9.17, 15) is 9.18 Å². The Morgan fingerprint density at radius 3 is 2.74 bits per heavy atom. The largest absolute Gasteiger partial charge is 0.369 e. The van der Waals surface area contributed by atoms with Gasteiger partial charge in [0.2, 0.25) is 11.9 Å². The molecule has 6 nitrogen and oxygen atoms in total. The first kappa shape index (κ1) is 12.7. The van der Waals surface area contributed by atoms with E-state index in [1.54, 1.807) is 6.92 Å². The Morgan fingerprint density at radius 1 is 1.42 bits per heavy atom. The molecule has 0 radical (unpaired) electrons. The van der Waals surface area contributed by atoms with E-state index in [1.807, 2.05) is 0 Å². The van der Waals surface area contributed by atoms with Crippen LogP contribution in [-0.2, 0) is 0 Å². The number of guanidine groups is 1. The molecule has 1 aromatic carbocycles. The molecule has 0 aliphatic heterocycles. The fourth-order valence-corrected chi connectivity index (χ4v) is 1.44.